The second kappa shape index (κ2) is 13.3. The number of hydrogen-bond acceptors (Lipinski definition) is 0. The molecule has 0 unspecified atom stereocenters. The fourth-order valence-corrected chi connectivity index (χ4v) is 13.5. The van der Waals surface area contributed by atoms with E-state index in [0.29, 0.717) is 5.92 Å². The molecule has 0 aliphatic rings. The van der Waals surface area contributed by atoms with E-state index >= 15 is 0 Å². The van der Waals surface area contributed by atoms with E-state index < -0.39 is 5.31 Å². The molecule has 0 N–H and O–H groups in total. The second-order valence-corrected chi connectivity index (χ2v) is 20.3. The number of unbranched alkanes of at least 4 members (excludes halogenated alkanes) is 3. The van der Waals surface area contributed by atoms with Crippen LogP contribution < -0.4 is 0 Å². The Kier molecular flexibility index (Phi) is 13.9. The van der Waals surface area contributed by atoms with Crippen LogP contribution in [0.1, 0.15) is 86.5 Å². The van der Waals surface area contributed by atoms with Crippen LogP contribution in [0, 0.1) is 5.92 Å². The molecule has 25 heavy (non-hydrogen) atoms. The Hall–Kier alpha value is 1.12. The third-order valence-electron chi connectivity index (χ3n) is 5.26. The molecular formula is C22H43BrIP. The molecule has 150 valence electrons. The van der Waals surface area contributed by atoms with Crippen LogP contribution in [-0.4, -0.2) is 24.6 Å². The molecule has 0 bridgehead atoms. The topological polar surface area (TPSA) is 0 Å². The second-order valence-electron chi connectivity index (χ2n) is 8.36. The van der Waals surface area contributed by atoms with Gasteiger partial charge in [-0.2, -0.15) is 0 Å². The summed E-state index contributed by atoms with van der Waals surface area (Å²) in [6.45, 7) is 14.1. The quantitative estimate of drug-likeness (QED) is 0.116. The Labute approximate surface area is 180 Å². The predicted molar refractivity (Wildman–Crippen MR) is 135 cm³/mol. The summed E-state index contributed by atoms with van der Waals surface area (Å²) >= 11 is 6.89. The SMILES string of the molecule is CCCCP(Br)(CCCC)(CCCC)C/C(C)=C\[C@H](C)C/C(C)=C/I. The molecule has 0 radical (unpaired) electrons. The molecule has 0 aliphatic heterocycles. The number of halogens is 2. The molecule has 0 saturated carbocycles. The van der Waals surface area contributed by atoms with Gasteiger partial charge in [0.25, 0.3) is 0 Å². The van der Waals surface area contributed by atoms with E-state index in [2.05, 4.69) is 89.8 Å². The predicted octanol–water partition coefficient (Wildman–Crippen LogP) is 9.56. The van der Waals surface area contributed by atoms with E-state index in [1.54, 1.807) is 5.57 Å². The van der Waals surface area contributed by atoms with Gasteiger partial charge in [0.1, 0.15) is 0 Å². The van der Waals surface area contributed by atoms with E-state index in [1.807, 2.05) is 0 Å². The summed E-state index contributed by atoms with van der Waals surface area (Å²) in [4.78, 5) is 0. The number of rotatable bonds is 14. The first-order chi connectivity index (χ1) is 11.7. The molecule has 0 fully saturated rings. The molecule has 0 aromatic carbocycles. The van der Waals surface area contributed by atoms with Gasteiger partial charge in [-0.25, -0.2) is 0 Å². The van der Waals surface area contributed by atoms with Crippen molar-refractivity contribution in [3.8, 4) is 0 Å². The summed E-state index contributed by atoms with van der Waals surface area (Å²) in [6, 6.07) is 0. The van der Waals surface area contributed by atoms with Gasteiger partial charge in [0.05, 0.1) is 0 Å². The van der Waals surface area contributed by atoms with Crippen molar-refractivity contribution in [2.45, 2.75) is 86.5 Å². The van der Waals surface area contributed by atoms with Crippen LogP contribution in [0.5, 0.6) is 0 Å². The Balaban J connectivity index is 5.40. The van der Waals surface area contributed by atoms with E-state index in [1.165, 1.54) is 75.2 Å². The van der Waals surface area contributed by atoms with Crippen molar-refractivity contribution < 1.29 is 0 Å². The Morgan fingerprint density at radius 2 is 1.36 bits per heavy atom. The zero-order chi connectivity index (χ0) is 19.4. The molecule has 0 heterocycles. The van der Waals surface area contributed by atoms with E-state index in [-0.39, 0.29) is 0 Å². The van der Waals surface area contributed by atoms with Gasteiger partial charge in [0.2, 0.25) is 0 Å². The van der Waals surface area contributed by atoms with Crippen molar-refractivity contribution in [2.24, 2.45) is 5.92 Å². The molecule has 0 saturated heterocycles. The van der Waals surface area contributed by atoms with Crippen molar-refractivity contribution in [1.29, 1.82) is 0 Å². The molecular weight excluding hydrogens is 502 g/mol. The van der Waals surface area contributed by atoms with Crippen molar-refractivity contribution in [3.05, 3.63) is 21.3 Å². The fraction of sp³-hybridized carbons (Fsp3) is 0.818. The first-order valence-corrected chi connectivity index (χ1v) is 16.6. The summed E-state index contributed by atoms with van der Waals surface area (Å²) in [6.07, 6.45) is 17.5. The van der Waals surface area contributed by atoms with Gasteiger partial charge in [-0.1, -0.05) is 0 Å². The molecule has 1 atom stereocenters. The van der Waals surface area contributed by atoms with Crippen molar-refractivity contribution in [1.82, 2.24) is 0 Å². The van der Waals surface area contributed by atoms with Crippen LogP contribution in [0.15, 0.2) is 21.3 Å². The van der Waals surface area contributed by atoms with Crippen LogP contribution >= 0.6 is 43.4 Å². The standard InChI is InChI=1S/C22H43BrIP/c1-7-10-13-25(23,14-11-8-2,15-12-9-3)19-22(6)17-20(4)16-21(5)18-24/h17-18,20H,7-16,19H2,1-6H3/b21-18+,22-17-/t20-/m1/s1. The minimum absolute atomic E-state index is 0.649. The maximum absolute atomic E-state index is 4.53. The Morgan fingerprint density at radius 1 is 0.920 bits per heavy atom. The molecule has 0 aromatic rings. The zero-order valence-corrected chi connectivity index (χ0v) is 22.4. The molecule has 0 aliphatic carbocycles. The molecule has 0 nitrogen and oxygen atoms in total. The molecule has 3 heteroatoms. The van der Waals surface area contributed by atoms with Crippen LogP contribution in [0.4, 0.5) is 0 Å². The summed E-state index contributed by atoms with van der Waals surface area (Å²) in [7, 11) is 0. The third-order valence-corrected chi connectivity index (χ3v) is 15.9. The van der Waals surface area contributed by atoms with Gasteiger partial charge in [0, 0.05) is 0 Å². The van der Waals surface area contributed by atoms with E-state index in [4.69, 9.17) is 0 Å². The van der Waals surface area contributed by atoms with Crippen LogP contribution in [0.2, 0.25) is 0 Å². The molecule has 0 aromatic heterocycles. The Bertz CT molecular complexity index is 403. The van der Waals surface area contributed by atoms with Gasteiger partial charge in [0.15, 0.2) is 0 Å². The van der Waals surface area contributed by atoms with Crippen molar-refractivity contribution >= 4 is 43.4 Å². The van der Waals surface area contributed by atoms with E-state index in [9.17, 15) is 0 Å². The fourth-order valence-electron chi connectivity index (χ4n) is 4.01. The number of allylic oxidation sites excluding steroid dienone is 3. The normalized spacial score (nSPS) is 16.6. The van der Waals surface area contributed by atoms with Gasteiger partial charge >= 0.3 is 182 Å². The first kappa shape index (κ1) is 26.1. The van der Waals surface area contributed by atoms with Gasteiger partial charge in [-0.3, -0.25) is 0 Å². The summed E-state index contributed by atoms with van der Waals surface area (Å²) in [5.41, 5.74) is 3.13. The van der Waals surface area contributed by atoms with E-state index in [0.717, 1.165) is 0 Å². The Morgan fingerprint density at radius 3 is 1.72 bits per heavy atom. The maximum atomic E-state index is 4.53. The van der Waals surface area contributed by atoms with Gasteiger partial charge in [-0.15, -0.1) is 0 Å². The average Bonchev–Trinajstić information content (AvgIpc) is 2.56. The van der Waals surface area contributed by atoms with Gasteiger partial charge < -0.3 is 0 Å². The number of hydrogen-bond donors (Lipinski definition) is 0. The molecule has 0 rings (SSSR count). The van der Waals surface area contributed by atoms with Crippen LogP contribution in [0.3, 0.4) is 0 Å². The van der Waals surface area contributed by atoms with Crippen molar-refractivity contribution in [3.63, 3.8) is 0 Å². The molecule has 0 amide bonds. The molecule has 0 spiro atoms. The minimum atomic E-state index is -1.80. The zero-order valence-electron chi connectivity index (χ0n) is 17.7. The van der Waals surface area contributed by atoms with Crippen molar-refractivity contribution in [2.75, 3.05) is 24.6 Å². The first-order valence-electron chi connectivity index (χ1n) is 10.4. The van der Waals surface area contributed by atoms with Crippen LogP contribution in [0.25, 0.3) is 0 Å². The van der Waals surface area contributed by atoms with Crippen LogP contribution in [-0.2, 0) is 0 Å². The van der Waals surface area contributed by atoms with Gasteiger partial charge in [-0.05, 0) is 0 Å². The summed E-state index contributed by atoms with van der Waals surface area (Å²) in [5.74, 6) is 0.649. The summed E-state index contributed by atoms with van der Waals surface area (Å²) < 4.78 is 2.23. The average molecular weight is 545 g/mol. The summed E-state index contributed by atoms with van der Waals surface area (Å²) in [5, 5.41) is -1.80. The monoisotopic (exact) mass is 544 g/mol. The third kappa shape index (κ3) is 10.9.